The van der Waals surface area contributed by atoms with E-state index in [-0.39, 0.29) is 31.1 Å². The molecule has 0 aromatic carbocycles. The van der Waals surface area contributed by atoms with Crippen LogP contribution in [-0.2, 0) is 28.6 Å². The predicted octanol–water partition coefficient (Wildman–Crippen LogP) is 21.8. The van der Waals surface area contributed by atoms with Gasteiger partial charge in [-0.25, -0.2) is 0 Å². The molecule has 0 heterocycles. The molecule has 0 aliphatic rings. The number of carbonyl (C=O) groups is 3. The Morgan fingerprint density at radius 2 is 0.486 bits per heavy atom. The maximum absolute atomic E-state index is 12.9. The Morgan fingerprint density at radius 3 is 0.722 bits per heavy atom. The van der Waals surface area contributed by atoms with Gasteiger partial charge >= 0.3 is 17.9 Å². The lowest BCUT2D eigenvalue weighted by atomic mass is 9.99. The van der Waals surface area contributed by atoms with Crippen LogP contribution in [0.5, 0.6) is 0 Å². The van der Waals surface area contributed by atoms with Crippen LogP contribution in [-0.4, -0.2) is 37.2 Å². The fourth-order valence-electron chi connectivity index (χ4n) is 10.2. The Morgan fingerprint density at radius 1 is 0.278 bits per heavy atom. The van der Waals surface area contributed by atoms with Crippen LogP contribution >= 0.6 is 0 Å². The second-order valence-corrected chi connectivity index (χ2v) is 23.7. The highest BCUT2D eigenvalue weighted by Crippen LogP contribution is 2.20. The van der Waals surface area contributed by atoms with E-state index in [0.717, 1.165) is 75.5 Å². The molecule has 0 fully saturated rings. The third-order valence-electron chi connectivity index (χ3n) is 15.9. The lowest BCUT2D eigenvalue weighted by Crippen LogP contribution is -2.30. The van der Waals surface area contributed by atoms with Crippen LogP contribution in [0, 0.1) is 17.8 Å². The number of unbranched alkanes of at least 4 members (excludes halogenated alkanes) is 40. The van der Waals surface area contributed by atoms with Gasteiger partial charge in [-0.2, -0.15) is 0 Å². The van der Waals surface area contributed by atoms with E-state index < -0.39 is 6.10 Å². The fraction of sp³-hybridized carbons (Fsp3) is 0.955. The van der Waals surface area contributed by atoms with Crippen LogP contribution in [0.3, 0.4) is 0 Å². The monoisotopic (exact) mass is 1020 g/mol. The topological polar surface area (TPSA) is 78.9 Å². The van der Waals surface area contributed by atoms with Crippen molar-refractivity contribution in [3.05, 3.63) is 0 Å². The summed E-state index contributed by atoms with van der Waals surface area (Å²) in [6.45, 7) is 13.8. The van der Waals surface area contributed by atoms with Crippen LogP contribution in [0.4, 0.5) is 0 Å². The minimum Gasteiger partial charge on any atom is -0.462 e. The number of esters is 3. The van der Waals surface area contributed by atoms with E-state index in [0.29, 0.717) is 19.3 Å². The summed E-state index contributed by atoms with van der Waals surface area (Å²) in [5, 5.41) is 0. The zero-order valence-corrected chi connectivity index (χ0v) is 49.7. The molecule has 0 amide bonds. The Hall–Kier alpha value is -1.59. The highest BCUT2D eigenvalue weighted by Gasteiger charge is 2.20. The maximum atomic E-state index is 12.9. The minimum atomic E-state index is -0.765. The molecule has 6 nitrogen and oxygen atoms in total. The number of ether oxygens (including phenoxy) is 3. The molecule has 0 bridgehead atoms. The molecule has 0 aromatic rings. The Labute approximate surface area is 450 Å². The number of hydrogen-bond donors (Lipinski definition) is 0. The minimum absolute atomic E-state index is 0.0633. The van der Waals surface area contributed by atoms with Crippen LogP contribution in [0.15, 0.2) is 0 Å². The van der Waals surface area contributed by atoms with Gasteiger partial charge in [-0.3, -0.25) is 14.4 Å². The third kappa shape index (κ3) is 56.1. The van der Waals surface area contributed by atoms with Crippen molar-refractivity contribution in [2.24, 2.45) is 17.8 Å². The summed E-state index contributed by atoms with van der Waals surface area (Å²) >= 11 is 0. The SMILES string of the molecule is CCC(C)CCCCCCCCCCCCCCCCCCCCC(=O)OC[C@H](COC(=O)CCCCCCCCCC(C)C)OC(=O)CCCCCCCCCCCCCCCCCCCCC(C)CC. The molecule has 0 aliphatic carbocycles. The molecule has 0 radical (unpaired) electrons. The van der Waals surface area contributed by atoms with E-state index in [4.69, 9.17) is 14.2 Å². The van der Waals surface area contributed by atoms with E-state index >= 15 is 0 Å². The molecular formula is C66H128O6. The predicted molar refractivity (Wildman–Crippen MR) is 312 cm³/mol. The van der Waals surface area contributed by atoms with E-state index in [1.165, 1.54) is 250 Å². The number of carbonyl (C=O) groups excluding carboxylic acids is 3. The molecule has 428 valence electrons. The lowest BCUT2D eigenvalue weighted by Gasteiger charge is -2.18. The molecule has 2 unspecified atom stereocenters. The van der Waals surface area contributed by atoms with E-state index in [9.17, 15) is 14.4 Å². The van der Waals surface area contributed by atoms with Gasteiger partial charge in [0.05, 0.1) is 0 Å². The zero-order valence-electron chi connectivity index (χ0n) is 49.7. The molecule has 3 atom stereocenters. The molecule has 0 saturated heterocycles. The molecule has 0 spiro atoms. The van der Waals surface area contributed by atoms with Crippen molar-refractivity contribution in [3.8, 4) is 0 Å². The van der Waals surface area contributed by atoms with E-state index in [1.807, 2.05) is 0 Å². The number of hydrogen-bond acceptors (Lipinski definition) is 6. The summed E-state index contributed by atoms with van der Waals surface area (Å²) < 4.78 is 16.9. The summed E-state index contributed by atoms with van der Waals surface area (Å²) in [5.41, 5.74) is 0. The number of rotatable bonds is 59. The van der Waals surface area contributed by atoms with Crippen LogP contribution < -0.4 is 0 Å². The van der Waals surface area contributed by atoms with Gasteiger partial charge in [0, 0.05) is 19.3 Å². The van der Waals surface area contributed by atoms with Crippen LogP contribution in [0.25, 0.3) is 0 Å². The van der Waals surface area contributed by atoms with Crippen molar-refractivity contribution < 1.29 is 28.6 Å². The zero-order chi connectivity index (χ0) is 52.6. The Balaban J connectivity index is 4.18. The molecule has 0 aromatic heterocycles. The first-order valence-electron chi connectivity index (χ1n) is 32.7. The van der Waals surface area contributed by atoms with Gasteiger partial charge in [0.15, 0.2) is 6.10 Å². The second-order valence-electron chi connectivity index (χ2n) is 23.7. The van der Waals surface area contributed by atoms with Gasteiger partial charge in [0.1, 0.15) is 13.2 Å². The molecular weight excluding hydrogens is 889 g/mol. The second kappa shape index (κ2) is 57.1. The highest BCUT2D eigenvalue weighted by molar-refractivity contribution is 5.71. The fourth-order valence-corrected chi connectivity index (χ4v) is 10.2. The van der Waals surface area contributed by atoms with Gasteiger partial charge in [0.2, 0.25) is 0 Å². The van der Waals surface area contributed by atoms with Crippen molar-refractivity contribution in [2.45, 2.75) is 375 Å². The molecule has 6 heteroatoms. The lowest BCUT2D eigenvalue weighted by molar-refractivity contribution is -0.167. The van der Waals surface area contributed by atoms with Gasteiger partial charge in [-0.15, -0.1) is 0 Å². The van der Waals surface area contributed by atoms with Gasteiger partial charge in [-0.1, -0.05) is 330 Å². The highest BCUT2D eigenvalue weighted by atomic mass is 16.6. The molecule has 72 heavy (non-hydrogen) atoms. The summed E-state index contributed by atoms with van der Waals surface area (Å²) in [6.07, 6.45) is 62.6. The maximum Gasteiger partial charge on any atom is 0.306 e. The molecule has 0 rings (SSSR count). The van der Waals surface area contributed by atoms with Crippen molar-refractivity contribution in [1.82, 2.24) is 0 Å². The summed E-state index contributed by atoms with van der Waals surface area (Å²) in [4.78, 5) is 38.2. The largest absolute Gasteiger partial charge is 0.462 e. The molecule has 0 saturated carbocycles. The standard InChI is InChI=1S/C66H128O6/c1-7-61(5)53-47-41-35-29-25-21-17-13-9-11-15-19-23-27-31-37-43-49-55-64(67)70-58-63(59-71-65(68)56-50-44-39-33-34-40-46-52-60(3)4)72-66(69)57-51-45-38-32-28-24-20-16-12-10-14-18-22-26-30-36-42-48-54-62(6)8-2/h60-63H,7-59H2,1-6H3/t61?,62?,63-/m1/s1. The van der Waals surface area contributed by atoms with Crippen molar-refractivity contribution in [2.75, 3.05) is 13.2 Å². The summed E-state index contributed by atoms with van der Waals surface area (Å²) in [6, 6.07) is 0. The normalized spacial score (nSPS) is 12.9. The molecule has 0 N–H and O–H groups in total. The average molecular weight is 1020 g/mol. The first-order chi connectivity index (χ1) is 35.2. The summed E-state index contributed by atoms with van der Waals surface area (Å²) in [7, 11) is 0. The Kier molecular flexibility index (Phi) is 55.9. The van der Waals surface area contributed by atoms with Crippen molar-refractivity contribution >= 4 is 17.9 Å². The first-order valence-corrected chi connectivity index (χ1v) is 32.7. The van der Waals surface area contributed by atoms with Crippen LogP contribution in [0.2, 0.25) is 0 Å². The quantitative estimate of drug-likeness (QED) is 0.0343. The van der Waals surface area contributed by atoms with Crippen molar-refractivity contribution in [1.29, 1.82) is 0 Å². The molecule has 0 aliphatic heterocycles. The average Bonchev–Trinajstić information content (AvgIpc) is 3.37. The van der Waals surface area contributed by atoms with E-state index in [1.54, 1.807) is 0 Å². The first kappa shape index (κ1) is 70.4. The van der Waals surface area contributed by atoms with Gasteiger partial charge in [0.25, 0.3) is 0 Å². The third-order valence-corrected chi connectivity index (χ3v) is 15.9. The smallest absolute Gasteiger partial charge is 0.306 e. The van der Waals surface area contributed by atoms with E-state index in [2.05, 4.69) is 41.5 Å². The summed E-state index contributed by atoms with van der Waals surface area (Å²) in [5.74, 6) is 1.76. The van der Waals surface area contributed by atoms with Crippen LogP contribution in [0.1, 0.15) is 369 Å². The van der Waals surface area contributed by atoms with Gasteiger partial charge in [-0.05, 0) is 37.0 Å². The Bertz CT molecular complexity index is 1120. The van der Waals surface area contributed by atoms with Crippen molar-refractivity contribution in [3.63, 3.8) is 0 Å². The van der Waals surface area contributed by atoms with Gasteiger partial charge < -0.3 is 14.2 Å².